The molecule has 0 unspecified atom stereocenters. The van der Waals surface area contributed by atoms with Gasteiger partial charge in [-0.25, -0.2) is 0 Å². The molecule has 1 atom stereocenters. The maximum atomic E-state index is 5.95. The number of aromatic nitrogens is 2. The van der Waals surface area contributed by atoms with Crippen molar-refractivity contribution in [1.82, 2.24) is 10.2 Å². The average Bonchev–Trinajstić information content (AvgIpc) is 3.01. The first-order valence-corrected chi connectivity index (χ1v) is 7.33. The van der Waals surface area contributed by atoms with Crippen LogP contribution in [-0.4, -0.2) is 10.2 Å². The van der Waals surface area contributed by atoms with Gasteiger partial charge in [0, 0.05) is 10.6 Å². The summed E-state index contributed by atoms with van der Waals surface area (Å²) in [6.45, 7) is 3.81. The Morgan fingerprint density at radius 3 is 2.59 bits per heavy atom. The molecule has 0 aliphatic rings. The minimum Gasteiger partial charge on any atom is -0.481 e. The number of benzene rings is 2. The van der Waals surface area contributed by atoms with Crippen molar-refractivity contribution in [2.24, 2.45) is 0 Å². The highest BCUT2D eigenvalue weighted by Crippen LogP contribution is 2.28. The number of halogens is 1. The minimum atomic E-state index is -0.343. The van der Waals surface area contributed by atoms with Gasteiger partial charge in [0.05, 0.1) is 0 Å². The van der Waals surface area contributed by atoms with Crippen molar-refractivity contribution < 1.29 is 9.15 Å². The topological polar surface area (TPSA) is 48.2 Å². The van der Waals surface area contributed by atoms with Crippen LogP contribution < -0.4 is 4.74 Å². The summed E-state index contributed by atoms with van der Waals surface area (Å²) in [6.07, 6.45) is -0.343. The Bertz CT molecular complexity index is 771. The fourth-order valence-corrected chi connectivity index (χ4v) is 2.31. The van der Waals surface area contributed by atoms with Gasteiger partial charge in [-0.3, -0.25) is 0 Å². The molecule has 3 aromatic rings. The molecule has 3 rings (SSSR count). The van der Waals surface area contributed by atoms with Crippen LogP contribution in [0.2, 0.25) is 5.02 Å². The average molecular weight is 315 g/mol. The van der Waals surface area contributed by atoms with Crippen molar-refractivity contribution in [1.29, 1.82) is 0 Å². The van der Waals surface area contributed by atoms with E-state index in [0.717, 1.165) is 16.9 Å². The zero-order valence-corrected chi connectivity index (χ0v) is 13.0. The lowest BCUT2D eigenvalue weighted by atomic mass is 10.2. The first kappa shape index (κ1) is 14.6. The van der Waals surface area contributed by atoms with Crippen LogP contribution in [0.25, 0.3) is 11.5 Å². The van der Waals surface area contributed by atoms with E-state index in [2.05, 4.69) is 10.2 Å². The second-order valence-electron chi connectivity index (χ2n) is 4.98. The summed E-state index contributed by atoms with van der Waals surface area (Å²) in [5.41, 5.74) is 1.85. The molecule has 0 bridgehead atoms. The predicted octanol–water partition coefficient (Wildman–Crippen LogP) is 4.84. The first-order valence-electron chi connectivity index (χ1n) is 6.95. The predicted molar refractivity (Wildman–Crippen MR) is 85.0 cm³/mol. The molecule has 0 N–H and O–H groups in total. The van der Waals surface area contributed by atoms with Crippen LogP contribution in [0.4, 0.5) is 0 Å². The third kappa shape index (κ3) is 3.12. The SMILES string of the molecule is Cc1cc(Cl)ccc1O[C@@H](C)c1nnc(-c2ccccc2)o1. The highest BCUT2D eigenvalue weighted by molar-refractivity contribution is 6.30. The summed E-state index contributed by atoms with van der Waals surface area (Å²) in [7, 11) is 0. The molecule has 0 radical (unpaired) electrons. The second kappa shape index (κ2) is 6.20. The molecular weight excluding hydrogens is 300 g/mol. The Hall–Kier alpha value is -2.33. The van der Waals surface area contributed by atoms with Crippen LogP contribution in [0, 0.1) is 6.92 Å². The van der Waals surface area contributed by atoms with Gasteiger partial charge < -0.3 is 9.15 Å². The fraction of sp³-hybridized carbons (Fsp3) is 0.176. The largest absolute Gasteiger partial charge is 0.481 e. The molecule has 5 heteroatoms. The van der Waals surface area contributed by atoms with Crippen LogP contribution in [0.1, 0.15) is 24.5 Å². The molecule has 1 heterocycles. The number of hydrogen-bond acceptors (Lipinski definition) is 4. The van der Waals surface area contributed by atoms with Gasteiger partial charge in [-0.2, -0.15) is 0 Å². The molecule has 0 saturated carbocycles. The maximum Gasteiger partial charge on any atom is 0.257 e. The van der Waals surface area contributed by atoms with Crippen molar-refractivity contribution >= 4 is 11.6 Å². The van der Waals surface area contributed by atoms with E-state index in [-0.39, 0.29) is 6.10 Å². The normalized spacial score (nSPS) is 12.1. The summed E-state index contributed by atoms with van der Waals surface area (Å²) in [4.78, 5) is 0. The second-order valence-corrected chi connectivity index (χ2v) is 5.42. The van der Waals surface area contributed by atoms with Crippen LogP contribution in [0.5, 0.6) is 5.75 Å². The number of nitrogens with zero attached hydrogens (tertiary/aromatic N) is 2. The lowest BCUT2D eigenvalue weighted by molar-refractivity contribution is 0.188. The zero-order chi connectivity index (χ0) is 15.5. The molecule has 1 aromatic heterocycles. The van der Waals surface area contributed by atoms with Crippen LogP contribution in [0.3, 0.4) is 0 Å². The standard InChI is InChI=1S/C17H15ClN2O2/c1-11-10-14(18)8-9-15(11)21-12(2)16-19-20-17(22-16)13-6-4-3-5-7-13/h3-10,12H,1-2H3/t12-/m0/s1. The Kier molecular flexibility index (Phi) is 4.11. The third-order valence-electron chi connectivity index (χ3n) is 3.25. The van der Waals surface area contributed by atoms with Gasteiger partial charge in [0.2, 0.25) is 5.89 Å². The molecule has 112 valence electrons. The fourth-order valence-electron chi connectivity index (χ4n) is 2.08. The van der Waals surface area contributed by atoms with Crippen molar-refractivity contribution in [3.8, 4) is 17.2 Å². The van der Waals surface area contributed by atoms with E-state index in [1.54, 1.807) is 6.07 Å². The maximum absolute atomic E-state index is 5.95. The van der Waals surface area contributed by atoms with Gasteiger partial charge in [-0.1, -0.05) is 29.8 Å². The van der Waals surface area contributed by atoms with Gasteiger partial charge in [0.15, 0.2) is 6.10 Å². The summed E-state index contributed by atoms with van der Waals surface area (Å²) < 4.78 is 11.6. The molecule has 0 aliphatic carbocycles. The van der Waals surface area contributed by atoms with Crippen molar-refractivity contribution in [2.75, 3.05) is 0 Å². The molecular formula is C17H15ClN2O2. The molecule has 4 nitrogen and oxygen atoms in total. The molecule has 0 aliphatic heterocycles. The summed E-state index contributed by atoms with van der Waals surface area (Å²) in [5, 5.41) is 8.82. The van der Waals surface area contributed by atoms with E-state index in [1.165, 1.54) is 0 Å². The number of ether oxygens (including phenoxy) is 1. The van der Waals surface area contributed by atoms with Gasteiger partial charge >= 0.3 is 0 Å². The van der Waals surface area contributed by atoms with Gasteiger partial charge in [-0.05, 0) is 49.7 Å². The van der Waals surface area contributed by atoms with Gasteiger partial charge in [-0.15, -0.1) is 10.2 Å². The summed E-state index contributed by atoms with van der Waals surface area (Å²) in [5.74, 6) is 1.67. The minimum absolute atomic E-state index is 0.343. The monoisotopic (exact) mass is 314 g/mol. The quantitative estimate of drug-likeness (QED) is 0.691. The smallest absolute Gasteiger partial charge is 0.257 e. The highest BCUT2D eigenvalue weighted by Gasteiger charge is 2.17. The number of aryl methyl sites for hydroxylation is 1. The van der Waals surface area contributed by atoms with E-state index < -0.39 is 0 Å². The third-order valence-corrected chi connectivity index (χ3v) is 3.48. The lowest BCUT2D eigenvalue weighted by Gasteiger charge is -2.13. The molecule has 0 spiro atoms. The van der Waals surface area contributed by atoms with E-state index in [4.69, 9.17) is 20.8 Å². The summed E-state index contributed by atoms with van der Waals surface area (Å²) in [6, 6.07) is 15.1. The Morgan fingerprint density at radius 1 is 1.09 bits per heavy atom. The Morgan fingerprint density at radius 2 is 1.86 bits per heavy atom. The van der Waals surface area contributed by atoms with Crippen molar-refractivity contribution in [3.63, 3.8) is 0 Å². The van der Waals surface area contributed by atoms with Crippen molar-refractivity contribution in [2.45, 2.75) is 20.0 Å². The molecule has 0 fully saturated rings. The van der Waals surface area contributed by atoms with Gasteiger partial charge in [0.25, 0.3) is 5.89 Å². The highest BCUT2D eigenvalue weighted by atomic mass is 35.5. The van der Waals surface area contributed by atoms with Gasteiger partial charge in [0.1, 0.15) is 5.75 Å². The van der Waals surface area contributed by atoms with E-state index in [9.17, 15) is 0 Å². The first-order chi connectivity index (χ1) is 10.6. The lowest BCUT2D eigenvalue weighted by Crippen LogP contribution is -2.04. The molecule has 2 aromatic carbocycles. The van der Waals surface area contributed by atoms with Crippen molar-refractivity contribution in [3.05, 3.63) is 65.0 Å². The van der Waals surface area contributed by atoms with E-state index >= 15 is 0 Å². The molecule has 0 saturated heterocycles. The molecule has 22 heavy (non-hydrogen) atoms. The Balaban J connectivity index is 1.78. The summed E-state index contributed by atoms with van der Waals surface area (Å²) >= 11 is 5.95. The number of rotatable bonds is 4. The Labute approximate surface area is 133 Å². The van der Waals surface area contributed by atoms with E-state index in [0.29, 0.717) is 16.8 Å². The van der Waals surface area contributed by atoms with E-state index in [1.807, 2.05) is 56.3 Å². The molecule has 0 amide bonds. The van der Waals surface area contributed by atoms with Crippen LogP contribution in [0.15, 0.2) is 52.9 Å². The number of hydrogen-bond donors (Lipinski definition) is 0. The zero-order valence-electron chi connectivity index (χ0n) is 12.3. The van der Waals surface area contributed by atoms with Crippen LogP contribution in [-0.2, 0) is 0 Å². The van der Waals surface area contributed by atoms with Crippen LogP contribution >= 0.6 is 11.6 Å².